The van der Waals surface area contributed by atoms with Gasteiger partial charge in [-0.15, -0.1) is 0 Å². The molecule has 0 aromatic heterocycles. The average molecular weight is 674 g/mol. The number of aliphatic hydroxyl groups excluding tert-OH is 1. The number of carbonyl (C=O) groups is 2. The fourth-order valence-corrected chi connectivity index (χ4v) is 4.91. The second-order valence-electron chi connectivity index (χ2n) is 9.86. The Bertz CT molecular complexity index is 1610. The fourth-order valence-electron chi connectivity index (χ4n) is 4.51. The number of hydrogen-bond donors (Lipinski definition) is 4. The molecule has 0 radical (unpaired) electrons. The Balaban J connectivity index is 1.38. The van der Waals surface area contributed by atoms with Gasteiger partial charge in [0.1, 0.15) is 13.2 Å². The van der Waals surface area contributed by atoms with Crippen molar-refractivity contribution in [3.05, 3.63) is 92.6 Å². The Morgan fingerprint density at radius 1 is 1.04 bits per heavy atom. The summed E-state index contributed by atoms with van der Waals surface area (Å²) in [4.78, 5) is 24.6. The first-order chi connectivity index (χ1) is 22.1. The molecule has 0 saturated carbocycles. The summed E-state index contributed by atoms with van der Waals surface area (Å²) in [5.74, 6) is 0.894. The predicted octanol–water partition coefficient (Wildman–Crippen LogP) is 5.10. The van der Waals surface area contributed by atoms with Crippen LogP contribution in [0, 0.1) is 0 Å². The minimum Gasteiger partial charge on any atom is -0.493 e. The maximum Gasteiger partial charge on any atom is 0.337 e. The van der Waals surface area contributed by atoms with Gasteiger partial charge in [-0.1, -0.05) is 41.4 Å². The standard InChI is InChI=1S/C32H34Cl2N4O8/c1-5-44-25-14-21(29-28(31(40)43-4)18(2)36-32(41)37-29)8-11-24(25)45-17-27(39)38-35-15-20-12-23(34)30(26(13-20)42-3)46-16-19-6-9-22(33)10-7-19/h6-15,27,29,38-39H,5,16-17H2,1-4H3,(H2,36,37,41)/b35-15-/t27-,29+/m0/s1. The van der Waals surface area contributed by atoms with Crippen LogP contribution in [0.3, 0.4) is 0 Å². The van der Waals surface area contributed by atoms with Crippen molar-refractivity contribution >= 4 is 41.4 Å². The van der Waals surface area contributed by atoms with Gasteiger partial charge in [-0.25, -0.2) is 9.59 Å². The minimum absolute atomic E-state index is 0.186. The van der Waals surface area contributed by atoms with Crippen molar-refractivity contribution in [1.82, 2.24) is 16.1 Å². The molecule has 4 rings (SSSR count). The largest absolute Gasteiger partial charge is 0.493 e. The van der Waals surface area contributed by atoms with Gasteiger partial charge in [0.25, 0.3) is 0 Å². The second kappa shape index (κ2) is 16.1. The van der Waals surface area contributed by atoms with Crippen molar-refractivity contribution in [3.63, 3.8) is 0 Å². The first-order valence-electron chi connectivity index (χ1n) is 14.1. The highest BCUT2D eigenvalue weighted by atomic mass is 35.5. The summed E-state index contributed by atoms with van der Waals surface area (Å²) in [6.45, 7) is 3.82. The van der Waals surface area contributed by atoms with Crippen molar-refractivity contribution in [2.24, 2.45) is 5.10 Å². The van der Waals surface area contributed by atoms with E-state index < -0.39 is 24.3 Å². The van der Waals surface area contributed by atoms with Gasteiger partial charge < -0.3 is 39.4 Å². The summed E-state index contributed by atoms with van der Waals surface area (Å²) < 4.78 is 27.8. The summed E-state index contributed by atoms with van der Waals surface area (Å²) >= 11 is 12.4. The van der Waals surface area contributed by atoms with Crippen LogP contribution in [0.4, 0.5) is 4.79 Å². The number of methoxy groups -OCH3 is 2. The lowest BCUT2D eigenvalue weighted by Crippen LogP contribution is -2.45. The topological polar surface area (TPSA) is 149 Å². The van der Waals surface area contributed by atoms with Crippen LogP contribution in [0.1, 0.15) is 36.6 Å². The third kappa shape index (κ3) is 8.75. The van der Waals surface area contributed by atoms with Crippen molar-refractivity contribution in [2.45, 2.75) is 32.7 Å². The number of halogens is 2. The van der Waals surface area contributed by atoms with Gasteiger partial charge in [0.15, 0.2) is 29.2 Å². The molecular formula is C32H34Cl2N4O8. The molecule has 0 unspecified atom stereocenters. The molecule has 2 amide bonds. The van der Waals surface area contributed by atoms with Crippen molar-refractivity contribution in [3.8, 4) is 23.0 Å². The van der Waals surface area contributed by atoms with Crippen molar-refractivity contribution < 1.29 is 38.4 Å². The molecule has 0 bridgehead atoms. The molecule has 0 spiro atoms. The van der Waals surface area contributed by atoms with Crippen LogP contribution in [0.25, 0.3) is 0 Å². The van der Waals surface area contributed by atoms with E-state index in [4.69, 9.17) is 46.9 Å². The van der Waals surface area contributed by atoms with Gasteiger partial charge in [-0.3, -0.25) is 5.43 Å². The molecule has 2 atom stereocenters. The highest BCUT2D eigenvalue weighted by Crippen LogP contribution is 2.37. The van der Waals surface area contributed by atoms with Crippen LogP contribution in [0.5, 0.6) is 23.0 Å². The van der Waals surface area contributed by atoms with E-state index in [1.807, 2.05) is 12.1 Å². The first-order valence-corrected chi connectivity index (χ1v) is 14.9. The predicted molar refractivity (Wildman–Crippen MR) is 173 cm³/mol. The number of allylic oxidation sites excluding steroid dienone is 1. The second-order valence-corrected chi connectivity index (χ2v) is 10.7. The minimum atomic E-state index is -1.19. The zero-order chi connectivity index (χ0) is 33.2. The summed E-state index contributed by atoms with van der Waals surface area (Å²) in [6.07, 6.45) is 0.271. The lowest BCUT2D eigenvalue weighted by Gasteiger charge is -2.28. The number of carbonyl (C=O) groups excluding carboxylic acids is 2. The van der Waals surface area contributed by atoms with E-state index in [-0.39, 0.29) is 18.8 Å². The summed E-state index contributed by atoms with van der Waals surface area (Å²) in [6, 6.07) is 14.3. The van der Waals surface area contributed by atoms with Crippen LogP contribution in [0.2, 0.25) is 10.0 Å². The summed E-state index contributed by atoms with van der Waals surface area (Å²) in [5.41, 5.74) is 5.31. The Hall–Kier alpha value is -4.65. The lowest BCUT2D eigenvalue weighted by atomic mass is 9.95. The number of esters is 1. The van der Waals surface area contributed by atoms with E-state index in [0.29, 0.717) is 56.5 Å². The zero-order valence-corrected chi connectivity index (χ0v) is 27.1. The number of ether oxygens (including phenoxy) is 5. The van der Waals surface area contributed by atoms with Gasteiger partial charge in [-0.05, 0) is 66.9 Å². The molecule has 0 aliphatic carbocycles. The average Bonchev–Trinajstić information content (AvgIpc) is 3.03. The Morgan fingerprint density at radius 3 is 2.50 bits per heavy atom. The van der Waals surface area contributed by atoms with Gasteiger partial charge >= 0.3 is 12.0 Å². The van der Waals surface area contributed by atoms with Crippen LogP contribution in [0.15, 0.2) is 71.0 Å². The molecule has 1 aliphatic heterocycles. The Morgan fingerprint density at radius 2 is 1.80 bits per heavy atom. The number of benzene rings is 3. The molecule has 0 fully saturated rings. The van der Waals surface area contributed by atoms with E-state index in [0.717, 1.165) is 5.56 Å². The maximum absolute atomic E-state index is 12.5. The molecule has 1 aliphatic rings. The normalized spacial score (nSPS) is 15.1. The first kappa shape index (κ1) is 34.2. The van der Waals surface area contributed by atoms with Gasteiger partial charge in [0.05, 0.1) is 43.7 Å². The number of nitrogens with zero attached hydrogens (tertiary/aromatic N) is 1. The molecule has 4 N–H and O–H groups in total. The molecule has 244 valence electrons. The SMILES string of the molecule is CCOc1cc([C@H]2NC(=O)NC(C)=C2C(=O)OC)ccc1OC[C@H](O)N/N=C\c1cc(Cl)c(OCc2ccc(Cl)cc2)c(OC)c1. The highest BCUT2D eigenvalue weighted by molar-refractivity contribution is 6.32. The molecule has 14 heteroatoms. The van der Waals surface area contributed by atoms with Crippen LogP contribution >= 0.6 is 23.2 Å². The molecule has 1 heterocycles. The molecule has 46 heavy (non-hydrogen) atoms. The van der Waals surface area contributed by atoms with Gasteiger partial charge in [0, 0.05) is 10.7 Å². The number of hydrogen-bond acceptors (Lipinski definition) is 10. The highest BCUT2D eigenvalue weighted by Gasteiger charge is 2.32. The van der Waals surface area contributed by atoms with Crippen LogP contribution < -0.4 is 35.0 Å². The van der Waals surface area contributed by atoms with Gasteiger partial charge in [0.2, 0.25) is 0 Å². The number of aliphatic hydroxyl groups is 1. The van der Waals surface area contributed by atoms with Crippen LogP contribution in [-0.4, -0.2) is 57.0 Å². The molecule has 0 saturated heterocycles. The van der Waals surface area contributed by atoms with Crippen molar-refractivity contribution in [1.29, 1.82) is 0 Å². The van der Waals surface area contributed by atoms with E-state index in [2.05, 4.69) is 21.2 Å². The van der Waals surface area contributed by atoms with Crippen molar-refractivity contribution in [2.75, 3.05) is 27.4 Å². The number of urea groups is 1. The third-order valence-electron chi connectivity index (χ3n) is 6.66. The molecular weight excluding hydrogens is 639 g/mol. The quantitative estimate of drug-likeness (QED) is 0.0794. The molecule has 3 aromatic carbocycles. The smallest absolute Gasteiger partial charge is 0.337 e. The van der Waals surface area contributed by atoms with E-state index in [1.165, 1.54) is 20.4 Å². The van der Waals surface area contributed by atoms with E-state index >= 15 is 0 Å². The summed E-state index contributed by atoms with van der Waals surface area (Å²) in [5, 5.41) is 20.8. The van der Waals surface area contributed by atoms with Gasteiger partial charge in [-0.2, -0.15) is 5.10 Å². The molecule has 12 nitrogen and oxygen atoms in total. The number of rotatable bonds is 14. The summed E-state index contributed by atoms with van der Waals surface area (Å²) in [7, 11) is 2.77. The van der Waals surface area contributed by atoms with E-state index in [1.54, 1.807) is 56.3 Å². The Kier molecular flexibility index (Phi) is 12.0. The monoisotopic (exact) mass is 672 g/mol. The number of amides is 2. The Labute approximate surface area is 276 Å². The number of hydrazone groups is 1. The van der Waals surface area contributed by atoms with E-state index in [9.17, 15) is 14.7 Å². The third-order valence-corrected chi connectivity index (χ3v) is 7.19. The zero-order valence-electron chi connectivity index (χ0n) is 25.6. The lowest BCUT2D eigenvalue weighted by molar-refractivity contribution is -0.136. The molecule has 3 aromatic rings. The maximum atomic E-state index is 12.5. The fraction of sp³-hybridized carbons (Fsp3) is 0.281. The van der Waals surface area contributed by atoms with Crippen LogP contribution in [-0.2, 0) is 16.1 Å². The number of nitrogens with one attached hydrogen (secondary N) is 3.